The van der Waals surface area contributed by atoms with Crippen LogP contribution in [0.25, 0.3) is 11.3 Å². The van der Waals surface area contributed by atoms with Crippen molar-refractivity contribution in [2.75, 3.05) is 32.4 Å². The molecule has 0 saturated carbocycles. The number of aromatic nitrogens is 2. The number of rotatable bonds is 8. The second-order valence-electron chi connectivity index (χ2n) is 5.86. The summed E-state index contributed by atoms with van der Waals surface area (Å²) < 4.78 is 15.8. The quantitative estimate of drug-likeness (QED) is 0.563. The van der Waals surface area contributed by atoms with Gasteiger partial charge in [-0.2, -0.15) is 0 Å². The Morgan fingerprint density at radius 3 is 2.34 bits per heavy atom. The minimum absolute atomic E-state index is 0.155. The Hall–Kier alpha value is -3.26. The van der Waals surface area contributed by atoms with E-state index in [9.17, 15) is 4.79 Å². The fraction of sp³-hybridized carbons (Fsp3) is 0.190. The van der Waals surface area contributed by atoms with Gasteiger partial charge in [0.15, 0.2) is 11.5 Å². The van der Waals surface area contributed by atoms with E-state index in [4.69, 9.17) is 14.2 Å². The van der Waals surface area contributed by atoms with E-state index in [0.29, 0.717) is 27.9 Å². The van der Waals surface area contributed by atoms with Crippen LogP contribution in [0, 0.1) is 0 Å². The van der Waals surface area contributed by atoms with Crippen LogP contribution in [0.15, 0.2) is 59.6 Å². The SMILES string of the molecule is COc1ccc(NC(=O)CSc2ccc(-c3ccccc3OC)nn2)cc1OC. The van der Waals surface area contributed by atoms with Crippen LogP contribution in [0.2, 0.25) is 0 Å². The van der Waals surface area contributed by atoms with E-state index in [1.165, 1.54) is 11.8 Å². The summed E-state index contributed by atoms with van der Waals surface area (Å²) in [6.07, 6.45) is 0. The molecule has 2 aromatic carbocycles. The minimum atomic E-state index is -0.155. The Bertz CT molecular complexity index is 980. The number of hydrogen-bond donors (Lipinski definition) is 1. The maximum atomic E-state index is 12.2. The van der Waals surface area contributed by atoms with Crippen molar-refractivity contribution in [2.45, 2.75) is 5.03 Å². The lowest BCUT2D eigenvalue weighted by molar-refractivity contribution is -0.113. The fourth-order valence-electron chi connectivity index (χ4n) is 2.65. The first kappa shape index (κ1) is 20.5. The second-order valence-corrected chi connectivity index (χ2v) is 6.86. The number of nitrogens with zero attached hydrogens (tertiary/aromatic N) is 2. The first-order chi connectivity index (χ1) is 14.1. The fourth-order valence-corrected chi connectivity index (χ4v) is 3.26. The molecular formula is C21H21N3O4S. The van der Waals surface area contributed by atoms with Crippen LogP contribution in [0.1, 0.15) is 0 Å². The summed E-state index contributed by atoms with van der Waals surface area (Å²) in [4.78, 5) is 12.2. The van der Waals surface area contributed by atoms with E-state index in [2.05, 4.69) is 15.5 Å². The first-order valence-corrected chi connectivity index (χ1v) is 9.75. The Labute approximate surface area is 173 Å². The van der Waals surface area contributed by atoms with Gasteiger partial charge in [0.25, 0.3) is 0 Å². The molecule has 0 saturated heterocycles. The van der Waals surface area contributed by atoms with E-state index in [1.807, 2.05) is 36.4 Å². The predicted octanol–water partition coefficient (Wildman–Crippen LogP) is 3.90. The van der Waals surface area contributed by atoms with Crippen molar-refractivity contribution >= 4 is 23.4 Å². The zero-order valence-electron chi connectivity index (χ0n) is 16.3. The molecule has 0 aliphatic carbocycles. The smallest absolute Gasteiger partial charge is 0.234 e. The summed E-state index contributed by atoms with van der Waals surface area (Å²) in [6, 6.07) is 16.5. The third-order valence-corrected chi connectivity index (χ3v) is 4.96. The zero-order valence-corrected chi connectivity index (χ0v) is 17.2. The topological polar surface area (TPSA) is 82.6 Å². The molecule has 8 heteroatoms. The molecule has 29 heavy (non-hydrogen) atoms. The average Bonchev–Trinajstić information content (AvgIpc) is 2.78. The lowest BCUT2D eigenvalue weighted by atomic mass is 10.1. The van der Waals surface area contributed by atoms with E-state index in [1.54, 1.807) is 39.5 Å². The molecular weight excluding hydrogens is 390 g/mol. The number of methoxy groups -OCH3 is 3. The van der Waals surface area contributed by atoms with Gasteiger partial charge in [-0.05, 0) is 36.4 Å². The highest BCUT2D eigenvalue weighted by atomic mass is 32.2. The summed E-state index contributed by atoms with van der Waals surface area (Å²) in [5, 5.41) is 11.9. The van der Waals surface area contributed by atoms with Crippen molar-refractivity contribution in [1.82, 2.24) is 10.2 Å². The largest absolute Gasteiger partial charge is 0.496 e. The normalized spacial score (nSPS) is 10.3. The molecule has 0 atom stereocenters. The van der Waals surface area contributed by atoms with Crippen molar-refractivity contribution in [3.8, 4) is 28.5 Å². The molecule has 0 spiro atoms. The molecule has 0 unspecified atom stereocenters. The van der Waals surface area contributed by atoms with Crippen molar-refractivity contribution in [3.63, 3.8) is 0 Å². The van der Waals surface area contributed by atoms with Gasteiger partial charge >= 0.3 is 0 Å². The predicted molar refractivity (Wildman–Crippen MR) is 113 cm³/mol. The molecule has 7 nitrogen and oxygen atoms in total. The third-order valence-electron chi connectivity index (χ3n) is 4.04. The van der Waals surface area contributed by atoms with E-state index in [-0.39, 0.29) is 11.7 Å². The number of anilines is 1. The molecule has 0 fully saturated rings. The van der Waals surface area contributed by atoms with Gasteiger partial charge < -0.3 is 19.5 Å². The number of amides is 1. The highest BCUT2D eigenvalue weighted by molar-refractivity contribution is 7.99. The molecule has 0 bridgehead atoms. The number of carbonyl (C=O) groups excluding carboxylic acids is 1. The maximum Gasteiger partial charge on any atom is 0.234 e. The molecule has 150 valence electrons. The monoisotopic (exact) mass is 411 g/mol. The molecule has 1 heterocycles. The van der Waals surface area contributed by atoms with Crippen LogP contribution < -0.4 is 19.5 Å². The van der Waals surface area contributed by atoms with Gasteiger partial charge in [-0.25, -0.2) is 0 Å². The molecule has 3 rings (SSSR count). The standard InChI is InChI=1S/C21H21N3O4S/c1-26-17-7-5-4-6-15(17)16-9-11-21(24-23-16)29-13-20(25)22-14-8-10-18(27-2)19(12-14)28-3/h4-12H,13H2,1-3H3,(H,22,25). The molecule has 0 aliphatic heterocycles. The number of ether oxygens (including phenoxy) is 3. The number of benzene rings is 2. The van der Waals surface area contributed by atoms with Crippen LogP contribution in [0.5, 0.6) is 17.2 Å². The Balaban J connectivity index is 1.59. The maximum absolute atomic E-state index is 12.2. The highest BCUT2D eigenvalue weighted by Gasteiger charge is 2.10. The van der Waals surface area contributed by atoms with Gasteiger partial charge in [-0.3, -0.25) is 4.79 Å². The van der Waals surface area contributed by atoms with Gasteiger partial charge in [0.1, 0.15) is 10.8 Å². The van der Waals surface area contributed by atoms with Crippen molar-refractivity contribution in [3.05, 3.63) is 54.6 Å². The minimum Gasteiger partial charge on any atom is -0.496 e. The van der Waals surface area contributed by atoms with Gasteiger partial charge in [0.2, 0.25) is 5.91 Å². The highest BCUT2D eigenvalue weighted by Crippen LogP contribution is 2.30. The van der Waals surface area contributed by atoms with E-state index in [0.717, 1.165) is 11.3 Å². The van der Waals surface area contributed by atoms with Crippen molar-refractivity contribution < 1.29 is 19.0 Å². The second kappa shape index (κ2) is 9.79. The lowest BCUT2D eigenvalue weighted by Crippen LogP contribution is -2.14. The Kier molecular flexibility index (Phi) is 6.91. The molecule has 3 aromatic rings. The summed E-state index contributed by atoms with van der Waals surface area (Å²) in [5.41, 5.74) is 2.21. The molecule has 1 aromatic heterocycles. The van der Waals surface area contributed by atoms with Crippen LogP contribution in [0.4, 0.5) is 5.69 Å². The van der Waals surface area contributed by atoms with E-state index >= 15 is 0 Å². The number of hydrogen-bond acceptors (Lipinski definition) is 7. The van der Waals surface area contributed by atoms with Gasteiger partial charge in [-0.15, -0.1) is 10.2 Å². The number of para-hydroxylation sites is 1. The molecule has 1 N–H and O–H groups in total. The number of thioether (sulfide) groups is 1. The molecule has 1 amide bonds. The van der Waals surface area contributed by atoms with Crippen LogP contribution in [0.3, 0.4) is 0 Å². The van der Waals surface area contributed by atoms with Crippen LogP contribution in [-0.4, -0.2) is 43.2 Å². The first-order valence-electron chi connectivity index (χ1n) is 8.76. The molecule has 0 radical (unpaired) electrons. The number of carbonyl (C=O) groups is 1. The lowest BCUT2D eigenvalue weighted by Gasteiger charge is -2.10. The summed E-state index contributed by atoms with van der Waals surface area (Å²) in [7, 11) is 4.73. The zero-order chi connectivity index (χ0) is 20.6. The summed E-state index contributed by atoms with van der Waals surface area (Å²) in [5.74, 6) is 1.94. The van der Waals surface area contributed by atoms with Crippen molar-refractivity contribution in [2.24, 2.45) is 0 Å². The Morgan fingerprint density at radius 2 is 1.66 bits per heavy atom. The average molecular weight is 411 g/mol. The van der Waals surface area contributed by atoms with Gasteiger partial charge in [0.05, 0.1) is 32.8 Å². The van der Waals surface area contributed by atoms with Gasteiger partial charge in [-0.1, -0.05) is 23.9 Å². The molecule has 0 aliphatic rings. The van der Waals surface area contributed by atoms with Gasteiger partial charge in [0, 0.05) is 17.3 Å². The Morgan fingerprint density at radius 1 is 0.897 bits per heavy atom. The summed E-state index contributed by atoms with van der Waals surface area (Å²) in [6.45, 7) is 0. The van der Waals surface area contributed by atoms with Crippen LogP contribution >= 0.6 is 11.8 Å². The van der Waals surface area contributed by atoms with E-state index < -0.39 is 0 Å². The van der Waals surface area contributed by atoms with Crippen molar-refractivity contribution in [1.29, 1.82) is 0 Å². The number of nitrogens with one attached hydrogen (secondary N) is 1. The van der Waals surface area contributed by atoms with Crippen LogP contribution in [-0.2, 0) is 4.79 Å². The third kappa shape index (κ3) is 5.17. The summed E-state index contributed by atoms with van der Waals surface area (Å²) >= 11 is 1.31.